The number of carbonyl (C=O) groups is 2. The van der Waals surface area contributed by atoms with Gasteiger partial charge >= 0.3 is 7.48 Å². The number of benzene rings is 1. The van der Waals surface area contributed by atoms with Crippen LogP contribution in [-0.4, -0.2) is 66.9 Å². The molecule has 0 bridgehead atoms. The van der Waals surface area contributed by atoms with Gasteiger partial charge in [0.05, 0.1) is 29.6 Å². The lowest BCUT2D eigenvalue weighted by Gasteiger charge is -2.45. The van der Waals surface area contributed by atoms with Crippen LogP contribution in [0.1, 0.15) is 79.2 Å². The van der Waals surface area contributed by atoms with Gasteiger partial charge in [0.1, 0.15) is 0 Å². The summed E-state index contributed by atoms with van der Waals surface area (Å²) < 4.78 is 11.2. The van der Waals surface area contributed by atoms with Gasteiger partial charge in [0, 0.05) is 29.6 Å². The van der Waals surface area contributed by atoms with Crippen molar-refractivity contribution in [1.82, 2.24) is 4.90 Å². The Morgan fingerprint density at radius 3 is 2.38 bits per heavy atom. The summed E-state index contributed by atoms with van der Waals surface area (Å²) >= 11 is 4.72. The van der Waals surface area contributed by atoms with Gasteiger partial charge in [-0.2, -0.15) is 12.6 Å². The van der Waals surface area contributed by atoms with Crippen molar-refractivity contribution in [3.8, 4) is 0 Å². The summed E-state index contributed by atoms with van der Waals surface area (Å²) in [5.41, 5.74) is 1.69. The minimum Gasteiger partial charge on any atom is -0.428 e. The van der Waals surface area contributed by atoms with Crippen LogP contribution in [0, 0.1) is 11.3 Å². The first kappa shape index (κ1) is 27.1. The number of anilines is 1. The zero-order chi connectivity index (χ0) is 26.8. The number of ether oxygens (including phenoxy) is 1. The third-order valence-corrected chi connectivity index (χ3v) is 10.3. The van der Waals surface area contributed by atoms with Crippen LogP contribution in [0.2, 0.25) is 0 Å². The third kappa shape index (κ3) is 4.45. The Bertz CT molecular complexity index is 1070. The predicted molar refractivity (Wildman–Crippen MR) is 151 cm³/mol. The van der Waals surface area contributed by atoms with Crippen LogP contribution in [0.5, 0.6) is 0 Å². The highest BCUT2D eigenvalue weighted by Crippen LogP contribution is 2.51. The van der Waals surface area contributed by atoms with Gasteiger partial charge in [-0.15, -0.1) is 0 Å². The van der Waals surface area contributed by atoms with Crippen LogP contribution in [0.25, 0.3) is 0 Å². The molecular formula is C29H42BN2O4S. The normalized spacial score (nSPS) is 26.5. The number of thiol groups is 1. The largest absolute Gasteiger partial charge is 0.428 e. The molecule has 6 nitrogen and oxygen atoms in total. The van der Waals surface area contributed by atoms with Crippen molar-refractivity contribution in [2.45, 2.75) is 95.5 Å². The van der Waals surface area contributed by atoms with Crippen molar-refractivity contribution >= 4 is 43.1 Å². The molecule has 3 aliphatic heterocycles. The van der Waals surface area contributed by atoms with E-state index in [2.05, 4.69) is 30.0 Å². The first-order valence-electron chi connectivity index (χ1n) is 13.9. The average molecular weight is 526 g/mol. The summed E-state index contributed by atoms with van der Waals surface area (Å²) in [6, 6.07) is 6.59. The highest BCUT2D eigenvalue weighted by Gasteiger charge is 2.56. The standard InChI is InChI=1S/C29H42BN2O4S/c1-7-19-14-21(15-19)32-23-16-20(30-36-26(2,3)27(4,5)37)8-9-22(23)29(25(32)34)10-12-31(13-11-29)24(33)28(6)17-35-18-28/h8-9,16,19,21,37H,7,10-15,17-18H2,1-6H3. The van der Waals surface area contributed by atoms with Crippen LogP contribution in [0.3, 0.4) is 0 Å². The second-order valence-electron chi connectivity index (χ2n) is 13.1. The number of likely N-dealkylation sites (tertiary alicyclic amines) is 1. The predicted octanol–water partition coefficient (Wildman–Crippen LogP) is 3.87. The SMILES string of the molecule is CCC1CC(N2C(=O)C3(CCN(C(=O)C4(C)COC4)CC3)c3ccc([B]OC(C)(C)C(C)(C)S)cc32)C1. The molecule has 37 heavy (non-hydrogen) atoms. The van der Waals surface area contributed by atoms with Gasteiger partial charge in [-0.1, -0.05) is 30.9 Å². The third-order valence-electron chi connectivity index (χ3n) is 9.80. The van der Waals surface area contributed by atoms with Crippen molar-refractivity contribution in [1.29, 1.82) is 0 Å². The molecule has 1 saturated carbocycles. The summed E-state index contributed by atoms with van der Waals surface area (Å²) in [6.45, 7) is 14.6. The van der Waals surface area contributed by atoms with Gasteiger partial charge in [-0.3, -0.25) is 9.59 Å². The van der Waals surface area contributed by atoms with E-state index in [0.717, 1.165) is 36.0 Å². The van der Waals surface area contributed by atoms with E-state index in [1.165, 1.54) is 0 Å². The van der Waals surface area contributed by atoms with Gasteiger partial charge in [0.15, 0.2) is 0 Å². The molecule has 5 rings (SSSR count). The highest BCUT2D eigenvalue weighted by molar-refractivity contribution is 7.81. The van der Waals surface area contributed by atoms with E-state index >= 15 is 0 Å². The summed E-state index contributed by atoms with van der Waals surface area (Å²) in [5, 5.41) is 0. The Kier molecular flexibility index (Phi) is 6.81. The minimum absolute atomic E-state index is 0.165. The molecule has 4 aliphatic rings. The molecule has 2 amide bonds. The maximum atomic E-state index is 14.2. The number of nitrogens with zero attached hydrogens (tertiary/aromatic N) is 2. The fourth-order valence-corrected chi connectivity index (χ4v) is 6.19. The van der Waals surface area contributed by atoms with E-state index in [1.54, 1.807) is 0 Å². The van der Waals surface area contributed by atoms with Gasteiger partial charge in [0.25, 0.3) is 0 Å². The molecule has 2 saturated heterocycles. The lowest BCUT2D eigenvalue weighted by atomic mass is 9.72. The highest BCUT2D eigenvalue weighted by atomic mass is 32.1. The van der Waals surface area contributed by atoms with Gasteiger partial charge in [0.2, 0.25) is 11.8 Å². The molecular weight excluding hydrogens is 483 g/mol. The quantitative estimate of drug-likeness (QED) is 0.434. The fourth-order valence-electron chi connectivity index (χ4n) is 6.14. The van der Waals surface area contributed by atoms with Crippen LogP contribution >= 0.6 is 12.6 Å². The molecule has 0 N–H and O–H groups in total. The van der Waals surface area contributed by atoms with E-state index < -0.39 is 16.4 Å². The summed E-state index contributed by atoms with van der Waals surface area (Å²) in [5.74, 6) is 1.08. The molecule has 3 fully saturated rings. The topological polar surface area (TPSA) is 59.1 Å². The van der Waals surface area contributed by atoms with E-state index in [9.17, 15) is 9.59 Å². The molecule has 1 aromatic rings. The van der Waals surface area contributed by atoms with Crippen LogP contribution in [0.15, 0.2) is 18.2 Å². The molecule has 0 unspecified atom stereocenters. The van der Waals surface area contributed by atoms with Crippen LogP contribution in [0.4, 0.5) is 5.69 Å². The van der Waals surface area contributed by atoms with Gasteiger partial charge < -0.3 is 19.2 Å². The van der Waals surface area contributed by atoms with E-state index in [4.69, 9.17) is 22.0 Å². The summed E-state index contributed by atoms with van der Waals surface area (Å²) in [4.78, 5) is 31.4. The summed E-state index contributed by atoms with van der Waals surface area (Å²) in [6.07, 6.45) is 4.62. The molecule has 3 heterocycles. The Balaban J connectivity index is 1.40. The first-order valence-corrected chi connectivity index (χ1v) is 14.3. The number of carbonyl (C=O) groups excluding carboxylic acids is 2. The van der Waals surface area contributed by atoms with Gasteiger partial charge in [-0.05, 0) is 77.8 Å². The number of piperidine rings is 1. The maximum absolute atomic E-state index is 14.2. The first-order chi connectivity index (χ1) is 17.3. The molecule has 8 heteroatoms. The smallest absolute Gasteiger partial charge is 0.330 e. The fraction of sp³-hybridized carbons (Fsp3) is 0.724. The Labute approximate surface area is 228 Å². The number of amides is 2. The summed E-state index contributed by atoms with van der Waals surface area (Å²) in [7, 11) is 1.81. The van der Waals surface area contributed by atoms with E-state index in [1.807, 2.05) is 47.0 Å². The van der Waals surface area contributed by atoms with Crippen molar-refractivity contribution in [2.75, 3.05) is 31.2 Å². The van der Waals surface area contributed by atoms with Crippen LogP contribution in [-0.2, 0) is 24.4 Å². The lowest BCUT2D eigenvalue weighted by Crippen LogP contribution is -2.58. The number of hydrogen-bond donors (Lipinski definition) is 1. The molecule has 1 aliphatic carbocycles. The monoisotopic (exact) mass is 525 g/mol. The van der Waals surface area contributed by atoms with Crippen LogP contribution < -0.4 is 10.4 Å². The molecule has 1 radical (unpaired) electrons. The van der Waals surface area contributed by atoms with Gasteiger partial charge in [-0.25, -0.2) is 0 Å². The Morgan fingerprint density at radius 2 is 1.84 bits per heavy atom. The molecule has 1 spiro atoms. The molecule has 0 aromatic heterocycles. The second kappa shape index (κ2) is 9.30. The average Bonchev–Trinajstić information content (AvgIpc) is 3.02. The zero-order valence-electron chi connectivity index (χ0n) is 23.3. The Morgan fingerprint density at radius 1 is 1.19 bits per heavy atom. The molecule has 201 valence electrons. The Hall–Kier alpha value is -1.51. The number of hydrogen-bond acceptors (Lipinski definition) is 5. The lowest BCUT2D eigenvalue weighted by molar-refractivity contribution is -0.170. The molecule has 0 atom stereocenters. The maximum Gasteiger partial charge on any atom is 0.330 e. The van der Waals surface area contributed by atoms with E-state index in [0.29, 0.717) is 45.1 Å². The number of rotatable bonds is 7. The zero-order valence-corrected chi connectivity index (χ0v) is 24.2. The van der Waals surface area contributed by atoms with Crippen molar-refractivity contribution in [3.63, 3.8) is 0 Å². The second-order valence-corrected chi connectivity index (χ2v) is 14.2. The van der Waals surface area contributed by atoms with Crippen molar-refractivity contribution < 1.29 is 19.0 Å². The number of fused-ring (bicyclic) bond motifs is 2. The minimum atomic E-state index is -0.549. The van der Waals surface area contributed by atoms with Crippen molar-refractivity contribution in [2.24, 2.45) is 11.3 Å². The molecule has 1 aromatic carbocycles. The van der Waals surface area contributed by atoms with Crippen molar-refractivity contribution in [3.05, 3.63) is 23.8 Å². The van der Waals surface area contributed by atoms with E-state index in [-0.39, 0.29) is 22.6 Å².